The van der Waals surface area contributed by atoms with E-state index in [1.165, 1.54) is 128 Å². The summed E-state index contributed by atoms with van der Waals surface area (Å²) in [4.78, 5) is 38.4. The zero-order chi connectivity index (χ0) is 57.8. The lowest BCUT2D eigenvalue weighted by atomic mass is 10.0. The molecule has 0 aliphatic carbocycles. The van der Waals surface area contributed by atoms with E-state index in [1.807, 2.05) is 0 Å². The molecule has 0 spiro atoms. The maximum atomic E-state index is 12.9. The number of hydrogen-bond donors (Lipinski definition) is 0. The van der Waals surface area contributed by atoms with Gasteiger partial charge in [0, 0.05) is 19.3 Å². The Bertz CT molecular complexity index is 1700. The van der Waals surface area contributed by atoms with E-state index in [9.17, 15) is 14.4 Å². The Kier molecular flexibility index (Phi) is 63.3. The van der Waals surface area contributed by atoms with Gasteiger partial charge < -0.3 is 14.2 Å². The highest BCUT2D eigenvalue weighted by molar-refractivity contribution is 5.71. The van der Waals surface area contributed by atoms with Crippen LogP contribution in [0.25, 0.3) is 0 Å². The highest BCUT2D eigenvalue weighted by Crippen LogP contribution is 2.16. The molecule has 0 amide bonds. The molecule has 0 saturated heterocycles. The van der Waals surface area contributed by atoms with Gasteiger partial charge in [0.1, 0.15) is 13.2 Å². The van der Waals surface area contributed by atoms with Crippen molar-refractivity contribution in [1.82, 2.24) is 0 Å². The normalized spacial score (nSPS) is 13.0. The second kappa shape index (κ2) is 67.1. The van der Waals surface area contributed by atoms with Crippen LogP contribution in [0.2, 0.25) is 0 Å². The number of ether oxygens (including phenoxy) is 3. The average Bonchev–Trinajstić information content (AvgIpc) is 3.46. The van der Waals surface area contributed by atoms with Gasteiger partial charge in [-0.05, 0) is 135 Å². The summed E-state index contributed by atoms with van der Waals surface area (Å²) >= 11 is 0. The van der Waals surface area contributed by atoms with Crippen molar-refractivity contribution in [3.8, 4) is 0 Å². The quantitative estimate of drug-likeness (QED) is 0.0261. The minimum atomic E-state index is -0.805. The summed E-state index contributed by atoms with van der Waals surface area (Å²) in [7, 11) is 0. The van der Waals surface area contributed by atoms with Gasteiger partial charge in [0.2, 0.25) is 0 Å². The van der Waals surface area contributed by atoms with Crippen LogP contribution in [-0.2, 0) is 28.6 Å². The van der Waals surface area contributed by atoms with Crippen molar-refractivity contribution in [3.05, 3.63) is 134 Å². The number of unbranched alkanes of at least 4 members (excludes halogenated alkanes) is 26. The summed E-state index contributed by atoms with van der Waals surface area (Å²) in [5.41, 5.74) is 0. The molecule has 6 heteroatoms. The number of esters is 3. The molecule has 0 aliphatic heterocycles. The first kappa shape index (κ1) is 75.5. The van der Waals surface area contributed by atoms with Crippen LogP contribution in [0.3, 0.4) is 0 Å². The largest absolute Gasteiger partial charge is 0.462 e. The summed E-state index contributed by atoms with van der Waals surface area (Å²) in [5.74, 6) is -0.945. The highest BCUT2D eigenvalue weighted by Gasteiger charge is 2.19. The summed E-state index contributed by atoms with van der Waals surface area (Å²) in [6.45, 7) is 6.37. The first-order chi connectivity index (χ1) is 39.5. The number of hydrogen-bond acceptors (Lipinski definition) is 6. The smallest absolute Gasteiger partial charge is 0.306 e. The first-order valence-corrected chi connectivity index (χ1v) is 33.2. The molecule has 0 radical (unpaired) electrons. The maximum absolute atomic E-state index is 12.9. The van der Waals surface area contributed by atoms with Crippen LogP contribution in [0.1, 0.15) is 297 Å². The van der Waals surface area contributed by atoms with Crippen molar-refractivity contribution in [2.45, 2.75) is 303 Å². The minimum Gasteiger partial charge on any atom is -0.462 e. The molecule has 0 fully saturated rings. The van der Waals surface area contributed by atoms with Crippen molar-refractivity contribution < 1.29 is 28.6 Å². The van der Waals surface area contributed by atoms with Gasteiger partial charge in [-0.15, -0.1) is 0 Å². The highest BCUT2D eigenvalue weighted by atomic mass is 16.6. The lowest BCUT2D eigenvalue weighted by molar-refractivity contribution is -0.167. The van der Waals surface area contributed by atoms with Crippen LogP contribution in [0.15, 0.2) is 134 Å². The van der Waals surface area contributed by atoms with Crippen LogP contribution >= 0.6 is 0 Å². The second-order valence-electron chi connectivity index (χ2n) is 21.6. The third kappa shape index (κ3) is 64.4. The fraction of sp³-hybridized carbons (Fsp3) is 0.662. The van der Waals surface area contributed by atoms with E-state index in [0.717, 1.165) is 128 Å². The van der Waals surface area contributed by atoms with Crippen molar-refractivity contribution in [3.63, 3.8) is 0 Å². The van der Waals surface area contributed by atoms with Gasteiger partial charge >= 0.3 is 17.9 Å². The predicted octanol–water partition coefficient (Wildman–Crippen LogP) is 22.9. The number of rotatable bonds is 59. The lowest BCUT2D eigenvalue weighted by Crippen LogP contribution is -2.30. The van der Waals surface area contributed by atoms with Gasteiger partial charge in [-0.25, -0.2) is 0 Å². The van der Waals surface area contributed by atoms with E-state index in [2.05, 4.69) is 154 Å². The second-order valence-corrected chi connectivity index (χ2v) is 21.6. The predicted molar refractivity (Wildman–Crippen MR) is 348 cm³/mol. The number of carbonyl (C=O) groups is 3. The van der Waals surface area contributed by atoms with Crippen molar-refractivity contribution in [2.24, 2.45) is 0 Å². The minimum absolute atomic E-state index is 0.0974. The van der Waals surface area contributed by atoms with E-state index in [4.69, 9.17) is 14.2 Å². The molecule has 80 heavy (non-hydrogen) atoms. The van der Waals surface area contributed by atoms with Crippen LogP contribution in [0.4, 0.5) is 0 Å². The van der Waals surface area contributed by atoms with Gasteiger partial charge in [0.15, 0.2) is 6.10 Å². The molecule has 0 rings (SSSR count). The molecule has 0 aromatic heterocycles. The van der Waals surface area contributed by atoms with Gasteiger partial charge in [0.05, 0.1) is 0 Å². The third-order valence-electron chi connectivity index (χ3n) is 13.9. The molecule has 0 N–H and O–H groups in total. The topological polar surface area (TPSA) is 78.9 Å². The molecule has 0 aliphatic rings. The molecular weight excluding hydrogens is 985 g/mol. The number of carbonyl (C=O) groups excluding carboxylic acids is 3. The maximum Gasteiger partial charge on any atom is 0.306 e. The van der Waals surface area contributed by atoms with Crippen molar-refractivity contribution in [1.29, 1.82) is 0 Å². The molecule has 454 valence electrons. The van der Waals surface area contributed by atoms with Gasteiger partial charge in [-0.3, -0.25) is 14.4 Å². The monoisotopic (exact) mass is 1110 g/mol. The van der Waals surface area contributed by atoms with E-state index in [1.54, 1.807) is 0 Å². The first-order valence-electron chi connectivity index (χ1n) is 33.2. The van der Waals surface area contributed by atoms with E-state index in [-0.39, 0.29) is 31.1 Å². The van der Waals surface area contributed by atoms with Crippen LogP contribution < -0.4 is 0 Å². The summed E-state index contributed by atoms with van der Waals surface area (Å²) in [5, 5.41) is 0. The van der Waals surface area contributed by atoms with Crippen LogP contribution in [0.5, 0.6) is 0 Å². The van der Waals surface area contributed by atoms with Gasteiger partial charge in [-0.2, -0.15) is 0 Å². The molecule has 1 atom stereocenters. The van der Waals surface area contributed by atoms with E-state index in [0.29, 0.717) is 19.3 Å². The van der Waals surface area contributed by atoms with Crippen molar-refractivity contribution >= 4 is 17.9 Å². The Labute approximate surface area is 494 Å². The molecule has 6 nitrogen and oxygen atoms in total. The Morgan fingerprint density at radius 2 is 0.487 bits per heavy atom. The van der Waals surface area contributed by atoms with Crippen molar-refractivity contribution in [2.75, 3.05) is 13.2 Å². The fourth-order valence-corrected chi connectivity index (χ4v) is 8.96. The Hall–Kier alpha value is -4.45. The summed E-state index contributed by atoms with van der Waals surface area (Å²) in [6.07, 6.45) is 94.7. The van der Waals surface area contributed by atoms with Gasteiger partial charge in [-0.1, -0.05) is 276 Å². The zero-order valence-electron chi connectivity index (χ0n) is 52.0. The molecule has 0 bridgehead atoms. The Morgan fingerprint density at radius 1 is 0.263 bits per heavy atom. The van der Waals surface area contributed by atoms with E-state index >= 15 is 0 Å². The third-order valence-corrected chi connectivity index (χ3v) is 13.9. The molecule has 0 aromatic carbocycles. The summed E-state index contributed by atoms with van der Waals surface area (Å²) < 4.78 is 16.9. The standard InChI is InChI=1S/C74H122O6/c1-4-7-10-13-16-19-22-25-28-30-32-33-34-35-36-37-38-39-40-41-42-44-46-49-52-55-58-61-64-67-73(76)79-70-71(69-78-72(75)66-63-60-57-54-51-48-45-27-24-21-18-15-12-9-6-3)80-74(77)68-65-62-59-56-53-50-47-43-31-29-26-23-20-17-14-11-8-5-2/h7,9-10,12,16,18-21,23,25,27-29,31-33,35-36,45,51,54,71H,4-6,8,11,13-15,17,22,24,26,30,34,37-44,46-50,52-53,55-70H2,1-3H3/b10-7-,12-9-,19-16-,21-18-,23-20-,28-25-,31-29-,33-32-,36-35-,45-27-,54-51-. The van der Waals surface area contributed by atoms with Gasteiger partial charge in [0.25, 0.3) is 0 Å². The molecule has 0 heterocycles. The molecular formula is C74H122O6. The fourth-order valence-electron chi connectivity index (χ4n) is 8.96. The zero-order valence-corrected chi connectivity index (χ0v) is 52.0. The molecule has 0 aromatic rings. The number of allylic oxidation sites excluding steroid dienone is 22. The van der Waals surface area contributed by atoms with Crippen LogP contribution in [-0.4, -0.2) is 37.2 Å². The van der Waals surface area contributed by atoms with E-state index < -0.39 is 6.10 Å². The average molecular weight is 1110 g/mol. The Balaban J connectivity index is 4.34. The molecule has 0 saturated carbocycles. The summed E-state index contributed by atoms with van der Waals surface area (Å²) in [6, 6.07) is 0. The SMILES string of the molecule is CC/C=C\C/C=C\C/C=C\C/C=C\C/C=C\CCCCCCCCCCCCCCCC(=O)OCC(COC(=O)CCCC/C=C\C/C=C\C/C=C\C/C=C\CC)OC(=O)CCCCCCCCC/C=C\C/C=C\CCCCCC. The molecule has 1 unspecified atom stereocenters. The van der Waals surface area contributed by atoms with Crippen LogP contribution in [0, 0.1) is 0 Å². The Morgan fingerprint density at radius 3 is 0.787 bits per heavy atom. The lowest BCUT2D eigenvalue weighted by Gasteiger charge is -2.18.